The molecule has 1 aliphatic rings. The van der Waals surface area contributed by atoms with Gasteiger partial charge in [0, 0.05) is 36.9 Å². The molecule has 3 rings (SSSR count). The lowest BCUT2D eigenvalue weighted by molar-refractivity contribution is -0.605. The van der Waals surface area contributed by atoms with Crippen LogP contribution in [0.2, 0.25) is 0 Å². The number of rotatable bonds is 2. The molecule has 0 unspecified atom stereocenters. The number of carboxylic acid groups (broad SMARTS) is 1. The topological polar surface area (TPSA) is 132 Å². The average Bonchev–Trinajstić information content (AvgIpc) is 2.53. The van der Waals surface area contributed by atoms with Gasteiger partial charge in [0.1, 0.15) is 0 Å². The van der Waals surface area contributed by atoms with Crippen molar-refractivity contribution in [3.63, 3.8) is 0 Å². The highest BCUT2D eigenvalue weighted by Crippen LogP contribution is 2.29. The zero-order valence-electron chi connectivity index (χ0n) is 13.0. The molecule has 0 bridgehead atoms. The minimum absolute atomic E-state index is 0.101. The fourth-order valence-corrected chi connectivity index (χ4v) is 3.54. The number of imide groups is 1. The first-order chi connectivity index (χ1) is 11.7. The predicted molar refractivity (Wildman–Crippen MR) is 84.5 cm³/mol. The van der Waals surface area contributed by atoms with Gasteiger partial charge in [-0.1, -0.05) is 0 Å². The van der Waals surface area contributed by atoms with Gasteiger partial charge in [-0.15, -0.1) is 0 Å². The highest BCUT2D eigenvalue weighted by atomic mass is 32.2. The Bertz CT molecular complexity index is 985. The molecule has 1 aliphatic heterocycles. The van der Waals surface area contributed by atoms with Crippen LogP contribution >= 0.6 is 0 Å². The smallest absolute Gasteiger partial charge is 0.414 e. The van der Waals surface area contributed by atoms with E-state index >= 15 is 0 Å². The summed E-state index contributed by atoms with van der Waals surface area (Å²) in [5, 5.41) is 20.2. The van der Waals surface area contributed by atoms with Crippen molar-refractivity contribution < 1.29 is 27.8 Å². The third-order valence-corrected chi connectivity index (χ3v) is 4.94. The number of sulfone groups is 1. The van der Waals surface area contributed by atoms with E-state index in [1.165, 1.54) is 30.6 Å². The molecule has 130 valence electrons. The first-order valence-corrected chi connectivity index (χ1v) is 9.05. The first kappa shape index (κ1) is 16.8. The molecule has 0 atom stereocenters. The maximum absolute atomic E-state index is 12.4. The van der Waals surface area contributed by atoms with Crippen molar-refractivity contribution in [1.29, 1.82) is 0 Å². The second kappa shape index (κ2) is 5.81. The molecule has 2 aromatic heterocycles. The van der Waals surface area contributed by atoms with Gasteiger partial charge in [-0.3, -0.25) is 9.78 Å². The van der Waals surface area contributed by atoms with E-state index in [0.717, 1.165) is 6.26 Å². The Labute approximate surface area is 142 Å². The van der Waals surface area contributed by atoms with Gasteiger partial charge in [0.05, 0.1) is 21.8 Å². The first-order valence-electron chi connectivity index (χ1n) is 7.16. The number of aromatic nitrogens is 2. The lowest BCUT2D eigenvalue weighted by Crippen LogP contribution is -2.42. The van der Waals surface area contributed by atoms with Crippen LogP contribution in [0.25, 0.3) is 11.3 Å². The van der Waals surface area contributed by atoms with Crippen LogP contribution < -0.4 is 4.73 Å². The molecular formula is C15H13N3O6S. The molecule has 0 saturated heterocycles. The van der Waals surface area contributed by atoms with Crippen molar-refractivity contribution in [2.45, 2.75) is 11.3 Å². The number of hydrogen-bond acceptors (Lipinski definition) is 6. The van der Waals surface area contributed by atoms with Crippen LogP contribution in [-0.2, 0) is 16.3 Å². The van der Waals surface area contributed by atoms with E-state index in [1.807, 2.05) is 0 Å². The zero-order chi connectivity index (χ0) is 18.4. The van der Waals surface area contributed by atoms with Crippen molar-refractivity contribution in [2.24, 2.45) is 0 Å². The van der Waals surface area contributed by atoms with Gasteiger partial charge >= 0.3 is 6.09 Å². The summed E-state index contributed by atoms with van der Waals surface area (Å²) >= 11 is 0. The number of carbonyl (C=O) groups is 2. The molecule has 0 saturated carbocycles. The van der Waals surface area contributed by atoms with Gasteiger partial charge in [0.2, 0.25) is 0 Å². The Kier molecular flexibility index (Phi) is 3.91. The summed E-state index contributed by atoms with van der Waals surface area (Å²) in [6, 6.07) is 4.17. The maximum atomic E-state index is 12.4. The lowest BCUT2D eigenvalue weighted by Gasteiger charge is -2.25. The Hall–Kier alpha value is -3.01. The fourth-order valence-electron chi connectivity index (χ4n) is 2.64. The molecule has 2 aromatic rings. The Morgan fingerprint density at radius 2 is 2.00 bits per heavy atom. The molecule has 25 heavy (non-hydrogen) atoms. The number of carbonyl (C=O) groups excluding carboxylic acids is 1. The molecule has 0 aliphatic carbocycles. The van der Waals surface area contributed by atoms with E-state index in [0.29, 0.717) is 15.2 Å². The minimum atomic E-state index is -3.81. The molecule has 3 heterocycles. The van der Waals surface area contributed by atoms with Gasteiger partial charge in [0.15, 0.2) is 22.2 Å². The van der Waals surface area contributed by atoms with Crippen LogP contribution in [0.1, 0.15) is 16.1 Å². The molecule has 0 fully saturated rings. The molecule has 2 amide bonds. The van der Waals surface area contributed by atoms with Crippen molar-refractivity contribution in [3.05, 3.63) is 47.1 Å². The highest BCUT2D eigenvalue weighted by Gasteiger charge is 2.35. The summed E-state index contributed by atoms with van der Waals surface area (Å²) in [6.45, 7) is -0.101. The molecule has 1 N–H and O–H groups in total. The summed E-state index contributed by atoms with van der Waals surface area (Å²) in [5.74, 6) is -0.904. The van der Waals surface area contributed by atoms with Crippen LogP contribution in [0.3, 0.4) is 0 Å². The summed E-state index contributed by atoms with van der Waals surface area (Å²) in [4.78, 5) is 28.2. The largest absolute Gasteiger partial charge is 0.619 e. The monoisotopic (exact) mass is 363 g/mol. The lowest BCUT2D eigenvalue weighted by atomic mass is 10.0. The fraction of sp³-hybridized carbons (Fsp3) is 0.200. The molecular weight excluding hydrogens is 350 g/mol. The van der Waals surface area contributed by atoms with Gasteiger partial charge in [0.25, 0.3) is 5.91 Å². The van der Waals surface area contributed by atoms with E-state index in [1.54, 1.807) is 0 Å². The maximum Gasteiger partial charge on any atom is 0.414 e. The van der Waals surface area contributed by atoms with E-state index in [2.05, 4.69) is 4.98 Å². The van der Waals surface area contributed by atoms with E-state index < -0.39 is 21.8 Å². The Morgan fingerprint density at radius 1 is 1.36 bits per heavy atom. The predicted octanol–water partition coefficient (Wildman–Crippen LogP) is 0.462. The van der Waals surface area contributed by atoms with Crippen LogP contribution in [0.5, 0.6) is 0 Å². The third kappa shape index (κ3) is 3.03. The van der Waals surface area contributed by atoms with Crippen molar-refractivity contribution >= 4 is 21.8 Å². The van der Waals surface area contributed by atoms with Gasteiger partial charge in [-0.05, 0) is 6.07 Å². The van der Waals surface area contributed by atoms with Gasteiger partial charge in [-0.25, -0.2) is 18.1 Å². The van der Waals surface area contributed by atoms with E-state index in [9.17, 15) is 23.2 Å². The minimum Gasteiger partial charge on any atom is -0.619 e. The van der Waals surface area contributed by atoms with Crippen molar-refractivity contribution in [1.82, 2.24) is 9.88 Å². The Balaban J connectivity index is 2.24. The van der Waals surface area contributed by atoms with Gasteiger partial charge < -0.3 is 10.3 Å². The second-order valence-corrected chi connectivity index (χ2v) is 7.52. The van der Waals surface area contributed by atoms with Crippen LogP contribution in [0, 0.1) is 5.21 Å². The van der Waals surface area contributed by atoms with Crippen LogP contribution in [0.4, 0.5) is 4.79 Å². The van der Waals surface area contributed by atoms with Crippen LogP contribution in [-0.4, -0.2) is 48.2 Å². The molecule has 0 spiro atoms. The van der Waals surface area contributed by atoms with E-state index in [-0.39, 0.29) is 34.8 Å². The summed E-state index contributed by atoms with van der Waals surface area (Å²) < 4.78 is 24.9. The molecule has 9 nitrogen and oxygen atoms in total. The summed E-state index contributed by atoms with van der Waals surface area (Å²) in [6.07, 6.45) is 2.10. The molecule has 0 radical (unpaired) electrons. The number of amides is 2. The van der Waals surface area contributed by atoms with Gasteiger partial charge in [-0.2, -0.15) is 4.73 Å². The number of nitrogens with zero attached hydrogens (tertiary/aromatic N) is 3. The quantitative estimate of drug-likeness (QED) is 0.605. The Morgan fingerprint density at radius 3 is 2.56 bits per heavy atom. The van der Waals surface area contributed by atoms with Crippen molar-refractivity contribution in [3.8, 4) is 11.3 Å². The summed E-state index contributed by atoms with van der Waals surface area (Å²) in [7, 11) is -3.81. The molecule has 0 aromatic carbocycles. The molecule has 10 heteroatoms. The second-order valence-electron chi connectivity index (χ2n) is 5.54. The zero-order valence-corrected chi connectivity index (χ0v) is 13.9. The van der Waals surface area contributed by atoms with Crippen molar-refractivity contribution in [2.75, 3.05) is 12.8 Å². The SMILES string of the molecule is CS(=O)(=O)c1cc(-c2cc[n+]([O-])cc2)nc2c1C(=O)N(C(=O)O)CC2. The third-order valence-electron chi connectivity index (χ3n) is 3.82. The highest BCUT2D eigenvalue weighted by molar-refractivity contribution is 7.90. The number of pyridine rings is 2. The van der Waals surface area contributed by atoms with E-state index in [4.69, 9.17) is 5.11 Å². The average molecular weight is 363 g/mol. The summed E-state index contributed by atoms with van der Waals surface area (Å²) in [5.41, 5.74) is 0.804. The standard InChI is InChI=1S/C15H13N3O6S/c1-25(23,24)12-8-11(9-2-5-17(22)6-3-9)16-10-4-7-18(15(20)21)14(19)13(10)12/h2-3,5-6,8H,4,7H2,1H3,(H,20,21). The number of fused-ring (bicyclic) bond motifs is 1. The normalized spacial score (nSPS) is 14.3. The number of hydrogen-bond donors (Lipinski definition) is 1. The van der Waals surface area contributed by atoms with Crippen LogP contribution in [0.15, 0.2) is 35.5 Å².